The lowest BCUT2D eigenvalue weighted by molar-refractivity contribution is 0.122. The van der Waals surface area contributed by atoms with E-state index in [-0.39, 0.29) is 4.90 Å². The molecule has 3 aromatic rings. The maximum Gasteiger partial charge on any atom is 0.242 e. The second-order valence-corrected chi connectivity index (χ2v) is 13.2. The number of hydrogen-bond acceptors (Lipinski definition) is 9. The molecule has 0 atom stereocenters. The monoisotopic (exact) mass is 556 g/mol. The van der Waals surface area contributed by atoms with Gasteiger partial charge in [-0.1, -0.05) is 12.5 Å². The largest absolute Gasteiger partial charge is 0.394 e. The van der Waals surface area contributed by atoms with Gasteiger partial charge in [-0.05, 0) is 62.0 Å². The first-order chi connectivity index (χ1) is 18.4. The molecule has 204 valence electrons. The number of sulfonamides is 1. The Balaban J connectivity index is 1.65. The van der Waals surface area contributed by atoms with Crippen LogP contribution in [0.4, 0.5) is 5.82 Å². The fourth-order valence-corrected chi connectivity index (χ4v) is 6.99. The van der Waals surface area contributed by atoms with Crippen LogP contribution in [-0.2, 0) is 21.3 Å². The molecule has 1 N–H and O–H groups in total. The average molecular weight is 557 g/mol. The molecule has 2 aliphatic rings. The molecule has 38 heavy (non-hydrogen) atoms. The van der Waals surface area contributed by atoms with E-state index in [0.29, 0.717) is 24.6 Å². The van der Waals surface area contributed by atoms with Crippen LogP contribution in [0.1, 0.15) is 29.7 Å². The molecular weight excluding hydrogens is 520 g/mol. The molecule has 0 spiro atoms. The Kier molecular flexibility index (Phi) is 8.29. The summed E-state index contributed by atoms with van der Waals surface area (Å²) in [5.74, 6) is 1.42. The van der Waals surface area contributed by atoms with Gasteiger partial charge in [-0.2, -0.15) is 0 Å². The minimum atomic E-state index is -3.62. The normalized spacial score (nSPS) is 17.6. The maximum atomic E-state index is 13.0. The molecule has 1 aromatic carbocycles. The van der Waals surface area contributed by atoms with Gasteiger partial charge in [0.2, 0.25) is 10.0 Å². The van der Waals surface area contributed by atoms with Gasteiger partial charge in [0.15, 0.2) is 11.6 Å². The number of rotatable bonds is 8. The number of anilines is 1. The Labute approximate surface area is 229 Å². The van der Waals surface area contributed by atoms with Crippen molar-refractivity contribution in [3.8, 4) is 11.4 Å². The van der Waals surface area contributed by atoms with Gasteiger partial charge in [0.1, 0.15) is 0 Å². The van der Waals surface area contributed by atoms with Crippen LogP contribution in [-0.4, -0.2) is 88.1 Å². The second kappa shape index (κ2) is 11.7. The molecule has 2 aliphatic heterocycles. The molecule has 2 fully saturated rings. The third kappa shape index (κ3) is 5.72. The molecule has 9 nitrogen and oxygen atoms in total. The Hall–Kier alpha value is -2.57. The van der Waals surface area contributed by atoms with Crippen molar-refractivity contribution >= 4 is 43.5 Å². The van der Waals surface area contributed by atoms with E-state index < -0.39 is 10.0 Å². The SMILES string of the molecule is CN/C=C\c1ccc(S(=O)(=O)N(C)C)cc1-c1nc(N2CCOCC2)c2sc(CN3CCCCC3)cc2n1. The van der Waals surface area contributed by atoms with Gasteiger partial charge in [0, 0.05) is 51.2 Å². The van der Waals surface area contributed by atoms with Gasteiger partial charge < -0.3 is 15.0 Å². The van der Waals surface area contributed by atoms with Gasteiger partial charge >= 0.3 is 0 Å². The molecule has 2 aromatic heterocycles. The van der Waals surface area contributed by atoms with E-state index in [1.54, 1.807) is 23.5 Å². The van der Waals surface area contributed by atoms with Crippen LogP contribution >= 0.6 is 11.3 Å². The molecule has 11 heteroatoms. The minimum Gasteiger partial charge on any atom is -0.394 e. The Morgan fingerprint density at radius 3 is 2.55 bits per heavy atom. The lowest BCUT2D eigenvalue weighted by atomic mass is 10.1. The lowest BCUT2D eigenvalue weighted by Crippen LogP contribution is -2.36. The fraction of sp³-hybridized carbons (Fsp3) is 0.481. The number of aromatic nitrogens is 2. The molecule has 0 bridgehead atoms. The van der Waals surface area contributed by atoms with Crippen LogP contribution in [0.25, 0.3) is 27.7 Å². The zero-order valence-electron chi connectivity index (χ0n) is 22.3. The molecule has 0 amide bonds. The van der Waals surface area contributed by atoms with Gasteiger partial charge in [-0.25, -0.2) is 22.7 Å². The zero-order chi connectivity index (χ0) is 26.7. The Morgan fingerprint density at radius 2 is 1.84 bits per heavy atom. The predicted octanol–water partition coefficient (Wildman–Crippen LogP) is 3.62. The van der Waals surface area contributed by atoms with Crippen molar-refractivity contribution in [3.05, 3.63) is 40.9 Å². The number of fused-ring (bicyclic) bond motifs is 1. The highest BCUT2D eigenvalue weighted by molar-refractivity contribution is 7.89. The molecule has 0 aliphatic carbocycles. The van der Waals surface area contributed by atoms with Crippen molar-refractivity contribution in [1.82, 2.24) is 24.5 Å². The molecule has 0 radical (unpaired) electrons. The van der Waals surface area contributed by atoms with E-state index in [9.17, 15) is 8.42 Å². The average Bonchev–Trinajstić information content (AvgIpc) is 3.34. The molecule has 0 saturated carbocycles. The van der Waals surface area contributed by atoms with Crippen LogP contribution in [0, 0.1) is 0 Å². The van der Waals surface area contributed by atoms with Crippen molar-refractivity contribution in [1.29, 1.82) is 0 Å². The predicted molar refractivity (Wildman–Crippen MR) is 154 cm³/mol. The highest BCUT2D eigenvalue weighted by Crippen LogP contribution is 2.36. The summed E-state index contributed by atoms with van der Waals surface area (Å²) < 4.78 is 33.9. The van der Waals surface area contributed by atoms with E-state index >= 15 is 0 Å². The molecule has 0 unspecified atom stereocenters. The number of piperidine rings is 1. The summed E-state index contributed by atoms with van der Waals surface area (Å²) in [6.07, 6.45) is 7.55. The summed E-state index contributed by atoms with van der Waals surface area (Å²) in [7, 11) is 1.29. The first kappa shape index (κ1) is 27.0. The maximum absolute atomic E-state index is 13.0. The third-order valence-electron chi connectivity index (χ3n) is 7.02. The summed E-state index contributed by atoms with van der Waals surface area (Å²) in [6, 6.07) is 7.33. The van der Waals surface area contributed by atoms with E-state index in [1.165, 1.54) is 42.5 Å². The van der Waals surface area contributed by atoms with E-state index in [4.69, 9.17) is 14.7 Å². The standard InChI is InChI=1S/C27H36N6O3S2/c1-28-10-9-20-7-8-22(38(34,35)31(2)3)18-23(20)26-29-24-17-21(19-32-11-5-4-6-12-32)37-25(24)27(30-26)33-13-15-36-16-14-33/h7-10,17-18,28H,4-6,11-16,19H2,1-3H3/b10-9-. The number of morpholine rings is 1. The Bertz CT molecular complexity index is 1410. The number of nitrogens with one attached hydrogen (secondary N) is 1. The number of thiophene rings is 1. The fourth-order valence-electron chi connectivity index (χ4n) is 4.91. The quantitative estimate of drug-likeness (QED) is 0.450. The Morgan fingerprint density at radius 1 is 1.08 bits per heavy atom. The van der Waals surface area contributed by atoms with Crippen molar-refractivity contribution in [2.75, 3.05) is 65.4 Å². The van der Waals surface area contributed by atoms with Crippen molar-refractivity contribution < 1.29 is 13.2 Å². The number of benzene rings is 1. The first-order valence-electron chi connectivity index (χ1n) is 13.1. The third-order valence-corrected chi connectivity index (χ3v) is 9.93. The zero-order valence-corrected chi connectivity index (χ0v) is 23.9. The van der Waals surface area contributed by atoms with Crippen LogP contribution < -0.4 is 10.2 Å². The number of likely N-dealkylation sites (tertiary alicyclic amines) is 1. The second-order valence-electron chi connectivity index (χ2n) is 9.89. The number of nitrogens with zero attached hydrogens (tertiary/aromatic N) is 5. The minimum absolute atomic E-state index is 0.215. The van der Waals surface area contributed by atoms with Crippen LogP contribution in [0.15, 0.2) is 35.4 Å². The van der Waals surface area contributed by atoms with Crippen molar-refractivity contribution in [2.24, 2.45) is 0 Å². The molecule has 2 saturated heterocycles. The molecule has 5 rings (SSSR count). The van der Waals surface area contributed by atoms with Gasteiger partial charge in [-0.3, -0.25) is 4.90 Å². The van der Waals surface area contributed by atoms with E-state index in [1.807, 2.05) is 25.4 Å². The number of hydrogen-bond donors (Lipinski definition) is 1. The van der Waals surface area contributed by atoms with E-state index in [0.717, 1.165) is 54.3 Å². The van der Waals surface area contributed by atoms with Crippen molar-refractivity contribution in [2.45, 2.75) is 30.7 Å². The molecule has 4 heterocycles. The van der Waals surface area contributed by atoms with E-state index in [2.05, 4.69) is 21.2 Å². The number of ether oxygens (including phenoxy) is 1. The van der Waals surface area contributed by atoms with Gasteiger partial charge in [0.05, 0.1) is 28.3 Å². The highest BCUT2D eigenvalue weighted by Gasteiger charge is 2.24. The first-order valence-corrected chi connectivity index (χ1v) is 15.4. The molecular formula is C27H36N6O3S2. The van der Waals surface area contributed by atoms with Crippen LogP contribution in [0.5, 0.6) is 0 Å². The summed E-state index contributed by atoms with van der Waals surface area (Å²) in [6.45, 7) is 6.01. The van der Waals surface area contributed by atoms with Gasteiger partial charge in [0.25, 0.3) is 0 Å². The topological polar surface area (TPSA) is 90.9 Å². The van der Waals surface area contributed by atoms with Gasteiger partial charge in [-0.15, -0.1) is 11.3 Å². The van der Waals surface area contributed by atoms with Crippen LogP contribution in [0.2, 0.25) is 0 Å². The summed E-state index contributed by atoms with van der Waals surface area (Å²) in [5, 5.41) is 3.02. The lowest BCUT2D eigenvalue weighted by Gasteiger charge is -2.28. The van der Waals surface area contributed by atoms with Crippen molar-refractivity contribution in [3.63, 3.8) is 0 Å². The highest BCUT2D eigenvalue weighted by atomic mass is 32.2. The summed E-state index contributed by atoms with van der Waals surface area (Å²) in [4.78, 5) is 16.4. The summed E-state index contributed by atoms with van der Waals surface area (Å²) in [5.41, 5.74) is 2.42. The summed E-state index contributed by atoms with van der Waals surface area (Å²) >= 11 is 1.77. The smallest absolute Gasteiger partial charge is 0.242 e. The van der Waals surface area contributed by atoms with Crippen LogP contribution in [0.3, 0.4) is 0 Å².